The Morgan fingerprint density at radius 3 is 2.75 bits per heavy atom. The fraction of sp³-hybridized carbons (Fsp3) is 0.524. The molecular weight excluding hydrogens is 356 g/mol. The molecule has 1 aliphatic heterocycles. The van der Waals surface area contributed by atoms with E-state index in [1.165, 1.54) is 5.56 Å². The monoisotopic (exact) mass is 386 g/mol. The third kappa shape index (κ3) is 5.11. The van der Waals surface area contributed by atoms with E-state index in [1.807, 2.05) is 12.1 Å². The number of hydrogen-bond donors (Lipinski definition) is 1. The van der Waals surface area contributed by atoms with Crippen LogP contribution in [0.3, 0.4) is 0 Å². The lowest BCUT2D eigenvalue weighted by atomic mass is 9.92. The highest BCUT2D eigenvalue weighted by Crippen LogP contribution is 2.28. The van der Waals surface area contributed by atoms with Gasteiger partial charge in [-0.25, -0.2) is 4.98 Å². The van der Waals surface area contributed by atoms with Crippen molar-refractivity contribution in [2.24, 2.45) is 0 Å². The lowest BCUT2D eigenvalue weighted by Crippen LogP contribution is -2.54. The first kappa shape index (κ1) is 20.4. The average molecular weight is 386 g/mol. The molecule has 1 saturated heterocycles. The van der Waals surface area contributed by atoms with Crippen molar-refractivity contribution in [2.75, 3.05) is 52.3 Å². The third-order valence-electron chi connectivity index (χ3n) is 5.22. The highest BCUT2D eigenvalue weighted by atomic mass is 16.5. The predicted molar refractivity (Wildman–Crippen MR) is 109 cm³/mol. The van der Waals surface area contributed by atoms with Crippen LogP contribution in [0.15, 0.2) is 36.8 Å². The van der Waals surface area contributed by atoms with E-state index in [9.17, 15) is 5.11 Å². The quantitative estimate of drug-likeness (QED) is 0.744. The molecule has 1 N–H and O–H groups in total. The zero-order valence-electron chi connectivity index (χ0n) is 17.0. The van der Waals surface area contributed by atoms with Gasteiger partial charge in [0.15, 0.2) is 11.5 Å². The summed E-state index contributed by atoms with van der Waals surface area (Å²) in [6.07, 6.45) is 7.73. The zero-order valence-corrected chi connectivity index (χ0v) is 17.0. The van der Waals surface area contributed by atoms with Gasteiger partial charge in [0.2, 0.25) is 0 Å². The van der Waals surface area contributed by atoms with Gasteiger partial charge in [0.1, 0.15) is 5.82 Å². The van der Waals surface area contributed by atoms with E-state index in [1.54, 1.807) is 32.8 Å². The average Bonchev–Trinajstić information content (AvgIpc) is 2.72. The third-order valence-corrected chi connectivity index (χ3v) is 5.22. The van der Waals surface area contributed by atoms with Crippen LogP contribution in [0.4, 0.5) is 5.82 Å². The highest BCUT2D eigenvalue weighted by Gasteiger charge is 2.34. The molecule has 28 heavy (non-hydrogen) atoms. The van der Waals surface area contributed by atoms with E-state index in [0.717, 1.165) is 49.7 Å². The molecule has 1 aromatic carbocycles. The summed E-state index contributed by atoms with van der Waals surface area (Å²) < 4.78 is 10.7. The Morgan fingerprint density at radius 1 is 1.21 bits per heavy atom. The number of nitrogens with zero attached hydrogens (tertiary/aromatic N) is 4. The number of anilines is 1. The minimum absolute atomic E-state index is 0.576. The summed E-state index contributed by atoms with van der Waals surface area (Å²) in [5, 5.41) is 11.2. The molecule has 3 rings (SSSR count). The second kappa shape index (κ2) is 9.21. The SMILES string of the molecule is COc1ccc(CCN(C)CC2(O)CCCN(c3cnccn3)C2)cc1OC. The number of hydrogen-bond acceptors (Lipinski definition) is 7. The fourth-order valence-electron chi connectivity index (χ4n) is 3.83. The summed E-state index contributed by atoms with van der Waals surface area (Å²) in [6, 6.07) is 6.00. The summed E-state index contributed by atoms with van der Waals surface area (Å²) >= 11 is 0. The van der Waals surface area contributed by atoms with Gasteiger partial charge in [-0.1, -0.05) is 6.07 Å². The van der Waals surface area contributed by atoms with E-state index in [4.69, 9.17) is 9.47 Å². The van der Waals surface area contributed by atoms with Crippen LogP contribution in [-0.4, -0.2) is 73.0 Å². The highest BCUT2D eigenvalue weighted by molar-refractivity contribution is 5.43. The van der Waals surface area contributed by atoms with Crippen molar-refractivity contribution in [2.45, 2.75) is 24.9 Å². The molecule has 7 nitrogen and oxygen atoms in total. The molecule has 2 aromatic rings. The number of piperidine rings is 1. The fourth-order valence-corrected chi connectivity index (χ4v) is 3.83. The van der Waals surface area contributed by atoms with Gasteiger partial charge in [-0.05, 0) is 44.0 Å². The topological polar surface area (TPSA) is 71.0 Å². The molecule has 1 atom stereocenters. The molecule has 0 bridgehead atoms. The molecule has 1 fully saturated rings. The molecule has 0 saturated carbocycles. The summed E-state index contributed by atoms with van der Waals surface area (Å²) in [5.41, 5.74) is 0.434. The largest absolute Gasteiger partial charge is 0.493 e. The maximum atomic E-state index is 11.2. The lowest BCUT2D eigenvalue weighted by molar-refractivity contribution is -0.00155. The Bertz CT molecular complexity index is 759. The predicted octanol–water partition coefficient (Wildman–Crippen LogP) is 2.00. The Balaban J connectivity index is 1.55. The van der Waals surface area contributed by atoms with E-state index in [-0.39, 0.29) is 0 Å². The minimum Gasteiger partial charge on any atom is -0.493 e. The first-order valence-corrected chi connectivity index (χ1v) is 9.66. The first-order chi connectivity index (χ1) is 13.5. The molecule has 0 spiro atoms. The molecule has 1 unspecified atom stereocenters. The molecule has 152 valence electrons. The van der Waals surface area contributed by atoms with Crippen molar-refractivity contribution in [3.8, 4) is 11.5 Å². The van der Waals surface area contributed by atoms with Crippen molar-refractivity contribution in [3.63, 3.8) is 0 Å². The van der Waals surface area contributed by atoms with Crippen LogP contribution >= 0.6 is 0 Å². The van der Waals surface area contributed by atoms with Crippen LogP contribution in [0.5, 0.6) is 11.5 Å². The lowest BCUT2D eigenvalue weighted by Gasteiger charge is -2.41. The van der Waals surface area contributed by atoms with Gasteiger partial charge in [-0.2, -0.15) is 0 Å². The van der Waals surface area contributed by atoms with E-state index in [2.05, 4.69) is 32.9 Å². The Kier molecular flexibility index (Phi) is 6.70. The molecule has 0 aliphatic carbocycles. The summed E-state index contributed by atoms with van der Waals surface area (Å²) in [4.78, 5) is 12.8. The number of likely N-dealkylation sites (N-methyl/N-ethyl adjacent to an activating group) is 1. The van der Waals surface area contributed by atoms with E-state index in [0.29, 0.717) is 13.1 Å². The number of rotatable bonds is 8. The maximum Gasteiger partial charge on any atom is 0.160 e. The molecule has 0 amide bonds. The Labute approximate surface area is 166 Å². The van der Waals surface area contributed by atoms with Crippen LogP contribution in [0.2, 0.25) is 0 Å². The van der Waals surface area contributed by atoms with Crippen molar-refractivity contribution >= 4 is 5.82 Å². The van der Waals surface area contributed by atoms with Crippen LogP contribution in [0.25, 0.3) is 0 Å². The molecule has 2 heterocycles. The Hall–Kier alpha value is -2.38. The van der Waals surface area contributed by atoms with Gasteiger partial charge in [0.25, 0.3) is 0 Å². The minimum atomic E-state index is -0.748. The second-order valence-electron chi connectivity index (χ2n) is 7.49. The molecule has 0 radical (unpaired) electrons. The molecule has 7 heteroatoms. The van der Waals surface area contributed by atoms with Crippen molar-refractivity contribution < 1.29 is 14.6 Å². The maximum absolute atomic E-state index is 11.2. The van der Waals surface area contributed by atoms with Crippen LogP contribution in [0, 0.1) is 0 Å². The number of ether oxygens (including phenoxy) is 2. The van der Waals surface area contributed by atoms with Gasteiger partial charge in [-0.3, -0.25) is 4.98 Å². The van der Waals surface area contributed by atoms with Crippen molar-refractivity contribution in [3.05, 3.63) is 42.4 Å². The van der Waals surface area contributed by atoms with Gasteiger partial charge in [0, 0.05) is 38.6 Å². The zero-order chi connectivity index (χ0) is 20.0. The van der Waals surface area contributed by atoms with Crippen molar-refractivity contribution in [1.29, 1.82) is 0 Å². The van der Waals surface area contributed by atoms with Gasteiger partial charge >= 0.3 is 0 Å². The Morgan fingerprint density at radius 2 is 2.04 bits per heavy atom. The van der Waals surface area contributed by atoms with Crippen molar-refractivity contribution in [1.82, 2.24) is 14.9 Å². The van der Waals surface area contributed by atoms with E-state index >= 15 is 0 Å². The normalized spacial score (nSPS) is 19.7. The number of β-amino-alcohol motifs (C(OH)–C–C–N with tert-alkyl or cyclic N) is 1. The standard InChI is InChI=1S/C21H30N4O3/c1-24(12-7-17-5-6-18(27-2)19(13-17)28-3)15-21(26)8-4-11-25(16-21)20-14-22-9-10-23-20/h5-6,9-10,13-14,26H,4,7-8,11-12,15-16H2,1-3H3. The van der Waals surface area contributed by atoms with Crippen LogP contribution in [-0.2, 0) is 6.42 Å². The summed E-state index contributed by atoms with van der Waals surface area (Å²) in [5.74, 6) is 2.31. The number of aliphatic hydroxyl groups is 1. The first-order valence-electron chi connectivity index (χ1n) is 9.66. The summed E-state index contributed by atoms with van der Waals surface area (Å²) in [6.45, 7) is 2.95. The van der Waals surface area contributed by atoms with Gasteiger partial charge in [0.05, 0.1) is 26.0 Å². The molecular formula is C21H30N4O3. The van der Waals surface area contributed by atoms with Crippen LogP contribution in [0.1, 0.15) is 18.4 Å². The molecule has 1 aromatic heterocycles. The van der Waals surface area contributed by atoms with Gasteiger partial charge < -0.3 is 24.4 Å². The number of aromatic nitrogens is 2. The molecule has 1 aliphatic rings. The smallest absolute Gasteiger partial charge is 0.160 e. The second-order valence-corrected chi connectivity index (χ2v) is 7.49. The number of methoxy groups -OCH3 is 2. The van der Waals surface area contributed by atoms with E-state index < -0.39 is 5.60 Å². The van der Waals surface area contributed by atoms with Gasteiger partial charge in [-0.15, -0.1) is 0 Å². The summed E-state index contributed by atoms with van der Waals surface area (Å²) in [7, 11) is 5.34. The number of benzene rings is 1. The van der Waals surface area contributed by atoms with Crippen LogP contribution < -0.4 is 14.4 Å².